The molecule has 8 nitrogen and oxygen atoms in total. The predicted octanol–water partition coefficient (Wildman–Crippen LogP) is 1.43. The van der Waals surface area contributed by atoms with Gasteiger partial charge in [0, 0.05) is 18.2 Å². The van der Waals surface area contributed by atoms with Crippen molar-refractivity contribution in [3.8, 4) is 5.75 Å². The van der Waals surface area contributed by atoms with Gasteiger partial charge in [0.05, 0.1) is 16.9 Å². The number of nitrogens with zero attached hydrogens (tertiary/aromatic N) is 1. The van der Waals surface area contributed by atoms with Gasteiger partial charge in [-0.2, -0.15) is 0 Å². The van der Waals surface area contributed by atoms with Crippen LogP contribution in [0, 0.1) is 16.0 Å². The number of methoxy groups -OCH3 is 1. The Morgan fingerprint density at radius 1 is 1.48 bits per heavy atom. The molecule has 0 radical (unpaired) electrons. The third kappa shape index (κ3) is 4.11. The Kier molecular flexibility index (Phi) is 5.97. The Balaban J connectivity index is 0.00000264. The Hall–Kier alpha value is -1.42. The third-order valence-corrected chi connectivity index (χ3v) is 5.54. The second-order valence-corrected chi connectivity index (χ2v) is 7.27. The lowest BCUT2D eigenvalue weighted by Gasteiger charge is -2.29. The summed E-state index contributed by atoms with van der Waals surface area (Å²) in [5.74, 6) is 0.202. The standard InChI is InChI=1S/C13H19N3O5S.ClH/c1-13(8-14,9-3-4-9)15-22(19,20)10-5-6-12(21-2)11(7-10)16(17)18;/h5-7,9,15H,3-4,8,14H2,1-2H3;1H. The molecular formula is C13H20ClN3O5S. The zero-order valence-electron chi connectivity index (χ0n) is 12.8. The maximum atomic E-state index is 12.5. The van der Waals surface area contributed by atoms with Crippen LogP contribution in [0.25, 0.3) is 0 Å². The molecule has 0 heterocycles. The molecule has 1 fully saturated rings. The van der Waals surface area contributed by atoms with Gasteiger partial charge < -0.3 is 10.5 Å². The maximum absolute atomic E-state index is 12.5. The molecule has 10 heteroatoms. The highest BCUT2D eigenvalue weighted by Gasteiger charge is 2.43. The summed E-state index contributed by atoms with van der Waals surface area (Å²) in [6.45, 7) is 1.91. The smallest absolute Gasteiger partial charge is 0.312 e. The number of rotatable bonds is 7. The van der Waals surface area contributed by atoms with Gasteiger partial charge in [-0.15, -0.1) is 12.4 Å². The summed E-state index contributed by atoms with van der Waals surface area (Å²) in [5, 5.41) is 11.0. The van der Waals surface area contributed by atoms with Crippen molar-refractivity contribution < 1.29 is 18.1 Å². The topological polar surface area (TPSA) is 125 Å². The van der Waals surface area contributed by atoms with E-state index in [4.69, 9.17) is 10.5 Å². The lowest BCUT2D eigenvalue weighted by atomic mass is 9.98. The van der Waals surface area contributed by atoms with E-state index >= 15 is 0 Å². The van der Waals surface area contributed by atoms with E-state index in [0.717, 1.165) is 18.9 Å². The van der Waals surface area contributed by atoms with Crippen molar-refractivity contribution >= 4 is 28.1 Å². The molecule has 0 aliphatic heterocycles. The van der Waals surface area contributed by atoms with Crippen molar-refractivity contribution in [2.75, 3.05) is 13.7 Å². The number of hydrogen-bond acceptors (Lipinski definition) is 6. The van der Waals surface area contributed by atoms with Crippen LogP contribution in [0.1, 0.15) is 19.8 Å². The molecule has 3 N–H and O–H groups in total. The summed E-state index contributed by atoms with van der Waals surface area (Å²) >= 11 is 0. The first kappa shape index (κ1) is 19.6. The Morgan fingerprint density at radius 3 is 2.52 bits per heavy atom. The Labute approximate surface area is 141 Å². The van der Waals surface area contributed by atoms with Gasteiger partial charge in [-0.3, -0.25) is 10.1 Å². The molecule has 0 amide bonds. The van der Waals surface area contributed by atoms with E-state index in [1.165, 1.54) is 19.2 Å². The SMILES string of the molecule is COc1ccc(S(=O)(=O)NC(C)(CN)C2CC2)cc1[N+](=O)[O-].Cl. The van der Waals surface area contributed by atoms with E-state index in [1.807, 2.05) is 0 Å². The number of nitrogens with two attached hydrogens (primary N) is 1. The van der Waals surface area contributed by atoms with E-state index < -0.39 is 26.2 Å². The van der Waals surface area contributed by atoms with Crippen LogP contribution in [-0.4, -0.2) is 32.5 Å². The second-order valence-electron chi connectivity index (χ2n) is 5.59. The average Bonchev–Trinajstić information content (AvgIpc) is 3.30. The normalized spacial score (nSPS) is 17.0. The molecule has 130 valence electrons. The molecule has 1 atom stereocenters. The van der Waals surface area contributed by atoms with Crippen LogP contribution in [-0.2, 0) is 10.0 Å². The third-order valence-electron chi connectivity index (χ3n) is 3.93. The summed E-state index contributed by atoms with van der Waals surface area (Å²) in [4.78, 5) is 10.1. The van der Waals surface area contributed by atoms with Crippen molar-refractivity contribution in [3.63, 3.8) is 0 Å². The van der Waals surface area contributed by atoms with Gasteiger partial charge in [0.1, 0.15) is 0 Å². The van der Waals surface area contributed by atoms with Gasteiger partial charge >= 0.3 is 5.69 Å². The molecule has 0 bridgehead atoms. The van der Waals surface area contributed by atoms with E-state index in [-0.39, 0.29) is 35.5 Å². The molecule has 0 spiro atoms. The van der Waals surface area contributed by atoms with Crippen LogP contribution in [0.3, 0.4) is 0 Å². The fraction of sp³-hybridized carbons (Fsp3) is 0.538. The van der Waals surface area contributed by atoms with Crippen LogP contribution in [0.5, 0.6) is 5.75 Å². The molecular weight excluding hydrogens is 346 g/mol. The van der Waals surface area contributed by atoms with Gasteiger partial charge in [-0.1, -0.05) is 0 Å². The zero-order valence-corrected chi connectivity index (χ0v) is 14.4. The Morgan fingerprint density at radius 2 is 2.09 bits per heavy atom. The number of ether oxygens (including phenoxy) is 1. The molecule has 1 aliphatic rings. The summed E-state index contributed by atoms with van der Waals surface area (Å²) < 4.78 is 32.4. The van der Waals surface area contributed by atoms with Gasteiger partial charge in [0.25, 0.3) is 0 Å². The minimum Gasteiger partial charge on any atom is -0.490 e. The number of hydrogen-bond donors (Lipinski definition) is 2. The van der Waals surface area contributed by atoms with Crippen LogP contribution in [0.2, 0.25) is 0 Å². The molecule has 1 aromatic carbocycles. The molecule has 0 aromatic heterocycles. The summed E-state index contributed by atoms with van der Waals surface area (Å²) in [7, 11) is -2.62. The van der Waals surface area contributed by atoms with Crippen LogP contribution < -0.4 is 15.2 Å². The molecule has 1 aromatic rings. The quantitative estimate of drug-likeness (QED) is 0.556. The summed E-state index contributed by atoms with van der Waals surface area (Å²) in [5.41, 5.74) is 4.56. The molecule has 1 aliphatic carbocycles. The largest absolute Gasteiger partial charge is 0.490 e. The maximum Gasteiger partial charge on any atom is 0.312 e. The first-order valence-corrected chi connectivity index (χ1v) is 8.28. The van der Waals surface area contributed by atoms with Crippen molar-refractivity contribution in [2.24, 2.45) is 11.7 Å². The van der Waals surface area contributed by atoms with E-state index in [1.54, 1.807) is 6.92 Å². The van der Waals surface area contributed by atoms with Gasteiger partial charge in [0.15, 0.2) is 5.75 Å². The number of sulfonamides is 1. The first-order valence-electron chi connectivity index (χ1n) is 6.80. The van der Waals surface area contributed by atoms with Gasteiger partial charge in [0.2, 0.25) is 10.0 Å². The fourth-order valence-electron chi connectivity index (χ4n) is 2.36. The number of nitro groups is 1. The highest BCUT2D eigenvalue weighted by atomic mass is 35.5. The van der Waals surface area contributed by atoms with Crippen LogP contribution >= 0.6 is 12.4 Å². The van der Waals surface area contributed by atoms with Crippen molar-refractivity contribution in [2.45, 2.75) is 30.2 Å². The van der Waals surface area contributed by atoms with E-state index in [9.17, 15) is 18.5 Å². The van der Waals surface area contributed by atoms with Crippen LogP contribution in [0.15, 0.2) is 23.1 Å². The lowest BCUT2D eigenvalue weighted by Crippen LogP contribution is -2.52. The average molecular weight is 366 g/mol. The van der Waals surface area contributed by atoms with Crippen molar-refractivity contribution in [1.29, 1.82) is 0 Å². The molecule has 1 unspecified atom stereocenters. The van der Waals surface area contributed by atoms with Crippen molar-refractivity contribution in [3.05, 3.63) is 28.3 Å². The minimum absolute atomic E-state index is 0. The molecule has 0 saturated heterocycles. The second kappa shape index (κ2) is 7.00. The zero-order chi connectivity index (χ0) is 16.5. The highest BCUT2D eigenvalue weighted by molar-refractivity contribution is 7.89. The highest BCUT2D eigenvalue weighted by Crippen LogP contribution is 2.40. The lowest BCUT2D eigenvalue weighted by molar-refractivity contribution is -0.386. The molecule has 2 rings (SSSR count). The van der Waals surface area contributed by atoms with E-state index in [0.29, 0.717) is 0 Å². The minimum atomic E-state index is -3.91. The molecule has 23 heavy (non-hydrogen) atoms. The molecule has 1 saturated carbocycles. The predicted molar refractivity (Wildman–Crippen MR) is 87.4 cm³/mol. The van der Waals surface area contributed by atoms with Gasteiger partial charge in [-0.25, -0.2) is 13.1 Å². The first-order chi connectivity index (χ1) is 10.2. The summed E-state index contributed by atoms with van der Waals surface area (Å²) in [6.07, 6.45) is 1.83. The number of nitrogens with one attached hydrogen (secondary N) is 1. The van der Waals surface area contributed by atoms with Gasteiger partial charge in [-0.05, 0) is 37.8 Å². The fourth-order valence-corrected chi connectivity index (χ4v) is 3.85. The monoisotopic (exact) mass is 365 g/mol. The van der Waals surface area contributed by atoms with E-state index in [2.05, 4.69) is 4.72 Å². The number of halogens is 1. The van der Waals surface area contributed by atoms with Crippen LogP contribution in [0.4, 0.5) is 5.69 Å². The number of nitro benzene ring substituents is 1. The Bertz CT molecular complexity index is 693. The van der Waals surface area contributed by atoms with Crippen molar-refractivity contribution in [1.82, 2.24) is 4.72 Å². The number of benzene rings is 1. The summed E-state index contributed by atoms with van der Waals surface area (Å²) in [6, 6.07) is 3.53.